The van der Waals surface area contributed by atoms with Crippen LogP contribution in [0.1, 0.15) is 29.9 Å². The Morgan fingerprint density at radius 3 is 2.14 bits per heavy atom. The van der Waals surface area contributed by atoms with Gasteiger partial charge in [-0.15, -0.1) is 0 Å². The first-order chi connectivity index (χ1) is 16.8. The minimum Gasteiger partial charge on any atom is -0.480 e. The number of aliphatic carboxylic acids is 1. The van der Waals surface area contributed by atoms with Gasteiger partial charge in [-0.1, -0.05) is 48.5 Å². The number of carbonyl (C=O) groups excluding carboxylic acids is 2. The summed E-state index contributed by atoms with van der Waals surface area (Å²) in [5.74, 6) is -1.68. The SMILES string of the molecule is COC(CCNC(=O)OCC1c2ccccc2-c2ccccc21)C(=O)NC(CCN(C)C)C(=O)O. The molecule has 0 radical (unpaired) electrons. The molecule has 0 bridgehead atoms. The van der Waals surface area contributed by atoms with E-state index >= 15 is 0 Å². The molecule has 35 heavy (non-hydrogen) atoms. The number of nitrogens with zero attached hydrogens (tertiary/aromatic N) is 1. The molecule has 2 aromatic rings. The van der Waals surface area contributed by atoms with E-state index < -0.39 is 30.1 Å². The second kappa shape index (κ2) is 12.3. The van der Waals surface area contributed by atoms with Crippen LogP contribution in [0.2, 0.25) is 0 Å². The highest BCUT2D eigenvalue weighted by Gasteiger charge is 2.29. The third-order valence-corrected chi connectivity index (χ3v) is 6.08. The molecule has 1 aliphatic carbocycles. The van der Waals surface area contributed by atoms with E-state index in [4.69, 9.17) is 9.47 Å². The number of alkyl carbamates (subject to hydrolysis) is 1. The first-order valence-electron chi connectivity index (χ1n) is 11.6. The van der Waals surface area contributed by atoms with Crippen LogP contribution in [0.5, 0.6) is 0 Å². The Balaban J connectivity index is 1.47. The van der Waals surface area contributed by atoms with Gasteiger partial charge >= 0.3 is 12.1 Å². The molecule has 0 saturated heterocycles. The number of hydrogen-bond donors (Lipinski definition) is 3. The van der Waals surface area contributed by atoms with Gasteiger partial charge in [0, 0.05) is 32.5 Å². The highest BCUT2D eigenvalue weighted by atomic mass is 16.5. The fourth-order valence-corrected chi connectivity index (χ4v) is 4.22. The van der Waals surface area contributed by atoms with Crippen LogP contribution >= 0.6 is 0 Å². The first kappa shape index (κ1) is 26.2. The maximum atomic E-state index is 12.5. The molecule has 0 heterocycles. The zero-order chi connectivity index (χ0) is 25.4. The van der Waals surface area contributed by atoms with Crippen molar-refractivity contribution >= 4 is 18.0 Å². The van der Waals surface area contributed by atoms with Gasteiger partial charge in [-0.3, -0.25) is 4.79 Å². The summed E-state index contributed by atoms with van der Waals surface area (Å²) >= 11 is 0. The van der Waals surface area contributed by atoms with Gasteiger partial charge in [-0.2, -0.15) is 0 Å². The van der Waals surface area contributed by atoms with E-state index in [1.807, 2.05) is 55.4 Å². The van der Waals surface area contributed by atoms with E-state index in [9.17, 15) is 19.5 Å². The van der Waals surface area contributed by atoms with Crippen molar-refractivity contribution in [2.24, 2.45) is 0 Å². The molecule has 3 N–H and O–H groups in total. The van der Waals surface area contributed by atoms with Crippen molar-refractivity contribution in [2.45, 2.75) is 30.9 Å². The lowest BCUT2D eigenvalue weighted by Crippen LogP contribution is -2.47. The maximum absolute atomic E-state index is 12.5. The predicted molar refractivity (Wildman–Crippen MR) is 131 cm³/mol. The summed E-state index contributed by atoms with van der Waals surface area (Å²) in [5.41, 5.74) is 4.55. The Bertz CT molecular complexity index is 996. The molecule has 9 heteroatoms. The number of carboxylic acid groups (broad SMARTS) is 1. The van der Waals surface area contributed by atoms with Crippen LogP contribution in [-0.4, -0.2) is 81.0 Å². The van der Waals surface area contributed by atoms with Crippen molar-refractivity contribution in [2.75, 3.05) is 40.9 Å². The van der Waals surface area contributed by atoms with Gasteiger partial charge in [0.05, 0.1) is 0 Å². The van der Waals surface area contributed by atoms with Gasteiger partial charge in [-0.05, 0) is 42.8 Å². The lowest BCUT2D eigenvalue weighted by Gasteiger charge is -2.21. The van der Waals surface area contributed by atoms with Crippen molar-refractivity contribution < 1.29 is 29.0 Å². The number of ether oxygens (including phenoxy) is 2. The van der Waals surface area contributed by atoms with E-state index in [0.29, 0.717) is 6.54 Å². The summed E-state index contributed by atoms with van der Waals surface area (Å²) in [6.45, 7) is 0.844. The van der Waals surface area contributed by atoms with Crippen LogP contribution < -0.4 is 10.6 Å². The van der Waals surface area contributed by atoms with Gasteiger partial charge in [0.1, 0.15) is 18.8 Å². The lowest BCUT2D eigenvalue weighted by molar-refractivity contribution is -0.144. The second-order valence-corrected chi connectivity index (χ2v) is 8.76. The number of amides is 2. The molecule has 2 unspecified atom stereocenters. The minimum absolute atomic E-state index is 0.0410. The van der Waals surface area contributed by atoms with E-state index in [1.165, 1.54) is 7.11 Å². The van der Waals surface area contributed by atoms with Crippen molar-refractivity contribution in [3.63, 3.8) is 0 Å². The van der Waals surface area contributed by atoms with E-state index in [1.54, 1.807) is 0 Å². The molecule has 2 aromatic carbocycles. The zero-order valence-electron chi connectivity index (χ0n) is 20.3. The number of hydrogen-bond acceptors (Lipinski definition) is 6. The number of fused-ring (bicyclic) bond motifs is 3. The monoisotopic (exact) mass is 483 g/mol. The molecular weight excluding hydrogens is 450 g/mol. The standard InChI is InChI=1S/C26H33N3O6/c1-29(2)15-13-22(25(31)32)28-24(30)23(34-3)12-14-27-26(33)35-16-21-19-10-6-4-8-17(19)18-9-5-7-11-20(18)21/h4-11,21-23H,12-16H2,1-3H3,(H,27,33)(H,28,30)(H,31,32). The Hall–Kier alpha value is -3.43. The molecule has 0 fully saturated rings. The summed E-state index contributed by atoms with van der Waals surface area (Å²) in [6.07, 6.45) is -1.05. The van der Waals surface area contributed by atoms with Crippen LogP contribution in [0, 0.1) is 0 Å². The molecule has 3 rings (SSSR count). The fourth-order valence-electron chi connectivity index (χ4n) is 4.22. The molecule has 188 valence electrons. The highest BCUT2D eigenvalue weighted by molar-refractivity contribution is 5.86. The van der Waals surface area contributed by atoms with Crippen molar-refractivity contribution in [3.05, 3.63) is 59.7 Å². The normalized spacial score (nSPS) is 14.1. The predicted octanol–water partition coefficient (Wildman–Crippen LogP) is 2.45. The zero-order valence-corrected chi connectivity index (χ0v) is 20.3. The molecule has 0 aliphatic heterocycles. The molecule has 2 amide bonds. The second-order valence-electron chi connectivity index (χ2n) is 8.76. The van der Waals surface area contributed by atoms with Crippen molar-refractivity contribution in [3.8, 4) is 11.1 Å². The highest BCUT2D eigenvalue weighted by Crippen LogP contribution is 2.44. The number of nitrogens with one attached hydrogen (secondary N) is 2. The Morgan fingerprint density at radius 1 is 1.00 bits per heavy atom. The van der Waals surface area contributed by atoms with Crippen LogP contribution in [-0.2, 0) is 19.1 Å². The Morgan fingerprint density at radius 2 is 1.60 bits per heavy atom. The van der Waals surface area contributed by atoms with Gasteiger partial charge in [0.2, 0.25) is 5.91 Å². The van der Waals surface area contributed by atoms with Crippen LogP contribution in [0.15, 0.2) is 48.5 Å². The van der Waals surface area contributed by atoms with Gasteiger partial charge in [0.25, 0.3) is 0 Å². The van der Waals surface area contributed by atoms with Gasteiger partial charge in [-0.25, -0.2) is 9.59 Å². The minimum atomic E-state index is -1.10. The van der Waals surface area contributed by atoms with Crippen molar-refractivity contribution in [1.29, 1.82) is 0 Å². The molecule has 0 saturated carbocycles. The molecular formula is C26H33N3O6. The van der Waals surface area contributed by atoms with Crippen LogP contribution in [0.3, 0.4) is 0 Å². The van der Waals surface area contributed by atoms with Crippen molar-refractivity contribution in [1.82, 2.24) is 15.5 Å². The summed E-state index contributed by atoms with van der Waals surface area (Å²) in [6, 6.07) is 15.2. The average Bonchev–Trinajstić information content (AvgIpc) is 3.16. The number of rotatable bonds is 12. The topological polar surface area (TPSA) is 117 Å². The number of carbonyl (C=O) groups is 3. The molecule has 0 aromatic heterocycles. The van der Waals surface area contributed by atoms with Crippen LogP contribution in [0.25, 0.3) is 11.1 Å². The largest absolute Gasteiger partial charge is 0.480 e. The van der Waals surface area contributed by atoms with Gasteiger partial charge in [0.15, 0.2) is 0 Å². The molecule has 1 aliphatic rings. The van der Waals surface area contributed by atoms with E-state index in [-0.39, 0.29) is 31.9 Å². The third-order valence-electron chi connectivity index (χ3n) is 6.08. The smallest absolute Gasteiger partial charge is 0.407 e. The quantitative estimate of drug-likeness (QED) is 0.425. The number of benzene rings is 2. The first-order valence-corrected chi connectivity index (χ1v) is 11.6. The maximum Gasteiger partial charge on any atom is 0.407 e. The van der Waals surface area contributed by atoms with Crippen LogP contribution in [0.4, 0.5) is 4.79 Å². The summed E-state index contributed by atoms with van der Waals surface area (Å²) in [4.78, 5) is 38.1. The third kappa shape index (κ3) is 6.80. The van der Waals surface area contributed by atoms with E-state index in [2.05, 4.69) is 22.8 Å². The Labute approximate surface area is 205 Å². The summed E-state index contributed by atoms with van der Waals surface area (Å²) < 4.78 is 10.7. The Kier molecular flexibility index (Phi) is 9.22. The number of methoxy groups -OCH3 is 1. The molecule has 0 spiro atoms. The lowest BCUT2D eigenvalue weighted by atomic mass is 9.98. The number of carboxylic acids is 1. The molecule has 9 nitrogen and oxygen atoms in total. The van der Waals surface area contributed by atoms with E-state index in [0.717, 1.165) is 22.3 Å². The van der Waals surface area contributed by atoms with Gasteiger partial charge < -0.3 is 30.1 Å². The summed E-state index contributed by atoms with van der Waals surface area (Å²) in [7, 11) is 5.02. The summed E-state index contributed by atoms with van der Waals surface area (Å²) in [5, 5.41) is 14.5. The average molecular weight is 484 g/mol. The fraction of sp³-hybridized carbons (Fsp3) is 0.423. The molecule has 2 atom stereocenters.